The maximum atomic E-state index is 4.15. The molecule has 3 rings (SSSR count). The highest BCUT2D eigenvalue weighted by atomic mass is 15.0. The van der Waals surface area contributed by atoms with E-state index in [1.54, 1.807) is 6.20 Å². The summed E-state index contributed by atoms with van der Waals surface area (Å²) in [6, 6.07) is 15.6. The highest BCUT2D eigenvalue weighted by molar-refractivity contribution is 5.82. The van der Waals surface area contributed by atoms with Gasteiger partial charge in [-0.25, -0.2) is 0 Å². The molecule has 1 radical (unpaired) electrons. The summed E-state index contributed by atoms with van der Waals surface area (Å²) in [4.78, 5) is 4.15. The fourth-order valence-electron chi connectivity index (χ4n) is 2.02. The van der Waals surface area contributed by atoms with Gasteiger partial charge in [0.2, 0.25) is 0 Å². The minimum Gasteiger partial charge on any atom is -0.312 e. The fraction of sp³-hybridized carbons (Fsp3) is 0.0714. The van der Waals surface area contributed by atoms with Gasteiger partial charge in [0.15, 0.2) is 0 Å². The van der Waals surface area contributed by atoms with Crippen molar-refractivity contribution in [2.75, 3.05) is 0 Å². The molecule has 0 bridgehead atoms. The Kier molecular flexibility index (Phi) is 2.00. The third-order valence-electron chi connectivity index (χ3n) is 2.70. The van der Waals surface area contributed by atoms with E-state index >= 15 is 0 Å². The lowest BCUT2D eigenvalue weighted by Gasteiger charge is -2.06. The van der Waals surface area contributed by atoms with E-state index in [9.17, 15) is 0 Å². The molecule has 0 atom stereocenters. The van der Waals surface area contributed by atoms with Gasteiger partial charge in [-0.15, -0.1) is 0 Å². The first-order chi connectivity index (χ1) is 7.86. The molecule has 2 heteroatoms. The maximum Gasteiger partial charge on any atom is 0.0642 e. The van der Waals surface area contributed by atoms with Gasteiger partial charge in [0.1, 0.15) is 0 Å². The molecule has 0 N–H and O–H groups in total. The quantitative estimate of drug-likeness (QED) is 0.599. The third kappa shape index (κ3) is 1.31. The second-order valence-electron chi connectivity index (χ2n) is 3.77. The largest absolute Gasteiger partial charge is 0.312 e. The number of hydrogen-bond donors (Lipinski definition) is 0. The van der Waals surface area contributed by atoms with Gasteiger partial charge in [0, 0.05) is 23.3 Å². The molecular formula is C14H11N2. The van der Waals surface area contributed by atoms with Crippen molar-refractivity contribution in [2.24, 2.45) is 0 Å². The third-order valence-corrected chi connectivity index (χ3v) is 2.70. The molecule has 2 heterocycles. The molecule has 0 spiro atoms. The molecule has 3 aromatic rings. The SMILES string of the molecule is Cc1[c]c2ccccc2n1-c1cccnc1. The van der Waals surface area contributed by atoms with Crippen molar-refractivity contribution in [3.05, 3.63) is 60.6 Å². The lowest BCUT2D eigenvalue weighted by molar-refractivity contribution is 1.04. The van der Waals surface area contributed by atoms with Crippen molar-refractivity contribution >= 4 is 10.9 Å². The van der Waals surface area contributed by atoms with Crippen LogP contribution in [0.4, 0.5) is 0 Å². The molecule has 77 valence electrons. The summed E-state index contributed by atoms with van der Waals surface area (Å²) in [7, 11) is 0. The number of pyridine rings is 1. The Hall–Kier alpha value is -2.09. The van der Waals surface area contributed by atoms with Crippen molar-refractivity contribution in [3.63, 3.8) is 0 Å². The first-order valence-corrected chi connectivity index (χ1v) is 5.26. The van der Waals surface area contributed by atoms with Crippen LogP contribution in [-0.4, -0.2) is 9.55 Å². The van der Waals surface area contributed by atoms with Crippen molar-refractivity contribution in [1.29, 1.82) is 0 Å². The summed E-state index contributed by atoms with van der Waals surface area (Å²) >= 11 is 0. The van der Waals surface area contributed by atoms with Crippen molar-refractivity contribution < 1.29 is 0 Å². The van der Waals surface area contributed by atoms with Gasteiger partial charge < -0.3 is 4.57 Å². The average Bonchev–Trinajstić information content (AvgIpc) is 2.66. The summed E-state index contributed by atoms with van der Waals surface area (Å²) < 4.78 is 2.17. The predicted octanol–water partition coefficient (Wildman–Crippen LogP) is 3.13. The van der Waals surface area contributed by atoms with Crippen molar-refractivity contribution in [1.82, 2.24) is 9.55 Å². The van der Waals surface area contributed by atoms with Gasteiger partial charge in [-0.2, -0.15) is 0 Å². The van der Waals surface area contributed by atoms with Crippen LogP contribution >= 0.6 is 0 Å². The van der Waals surface area contributed by atoms with Gasteiger partial charge in [-0.3, -0.25) is 4.98 Å². The zero-order valence-corrected chi connectivity index (χ0v) is 9.01. The number of fused-ring (bicyclic) bond motifs is 1. The van der Waals surface area contributed by atoms with Gasteiger partial charge in [-0.1, -0.05) is 18.2 Å². The van der Waals surface area contributed by atoms with Crippen LogP contribution in [0.25, 0.3) is 16.6 Å². The summed E-state index contributed by atoms with van der Waals surface area (Å²) in [6.45, 7) is 2.06. The molecule has 0 aliphatic heterocycles. The molecule has 1 aromatic carbocycles. The monoisotopic (exact) mass is 207 g/mol. The number of nitrogens with zero attached hydrogens (tertiary/aromatic N) is 2. The summed E-state index contributed by atoms with van der Waals surface area (Å²) in [5, 5.41) is 1.14. The van der Waals surface area contributed by atoms with Gasteiger partial charge in [-0.05, 0) is 25.1 Å². The van der Waals surface area contributed by atoms with Gasteiger partial charge in [0.25, 0.3) is 0 Å². The lowest BCUT2D eigenvalue weighted by Crippen LogP contribution is -1.95. The lowest BCUT2D eigenvalue weighted by atomic mass is 10.2. The molecule has 0 aliphatic rings. The van der Waals surface area contributed by atoms with E-state index in [4.69, 9.17) is 0 Å². The molecule has 0 fully saturated rings. The smallest absolute Gasteiger partial charge is 0.0642 e. The summed E-state index contributed by atoms with van der Waals surface area (Å²) in [6.07, 6.45) is 3.65. The topological polar surface area (TPSA) is 17.8 Å². The molecule has 0 unspecified atom stereocenters. The van der Waals surface area contributed by atoms with E-state index in [1.807, 2.05) is 24.4 Å². The van der Waals surface area contributed by atoms with Crippen LogP contribution in [0.15, 0.2) is 48.8 Å². The second-order valence-corrected chi connectivity index (χ2v) is 3.77. The minimum atomic E-state index is 1.08. The normalized spacial score (nSPS) is 10.8. The molecule has 0 saturated carbocycles. The Balaban J connectivity index is 2.35. The van der Waals surface area contributed by atoms with E-state index < -0.39 is 0 Å². The van der Waals surface area contributed by atoms with Crippen LogP contribution in [0.2, 0.25) is 0 Å². The van der Waals surface area contributed by atoms with Crippen LogP contribution in [0.5, 0.6) is 0 Å². The van der Waals surface area contributed by atoms with Crippen LogP contribution in [0.1, 0.15) is 5.69 Å². The van der Waals surface area contributed by atoms with Crippen molar-refractivity contribution in [2.45, 2.75) is 6.92 Å². The molecule has 0 saturated heterocycles. The van der Waals surface area contributed by atoms with Crippen molar-refractivity contribution in [3.8, 4) is 5.69 Å². The summed E-state index contributed by atoms with van der Waals surface area (Å²) in [5.41, 5.74) is 3.36. The second kappa shape index (κ2) is 3.49. The van der Waals surface area contributed by atoms with Crippen LogP contribution < -0.4 is 0 Å². The highest BCUT2D eigenvalue weighted by Crippen LogP contribution is 2.22. The Morgan fingerprint density at radius 1 is 1.12 bits per heavy atom. The number of aryl methyl sites for hydroxylation is 1. The van der Waals surface area contributed by atoms with E-state index in [1.165, 1.54) is 5.52 Å². The summed E-state index contributed by atoms with van der Waals surface area (Å²) in [5.74, 6) is 0. The minimum absolute atomic E-state index is 1.08. The first-order valence-electron chi connectivity index (χ1n) is 5.26. The number of rotatable bonds is 1. The fourth-order valence-corrected chi connectivity index (χ4v) is 2.02. The zero-order chi connectivity index (χ0) is 11.0. The number of benzene rings is 1. The molecular weight excluding hydrogens is 196 g/mol. The molecule has 0 aliphatic carbocycles. The molecule has 2 nitrogen and oxygen atoms in total. The number of aromatic nitrogens is 2. The van der Waals surface area contributed by atoms with E-state index in [2.05, 4.69) is 40.7 Å². The Morgan fingerprint density at radius 3 is 2.81 bits per heavy atom. The number of para-hydroxylation sites is 1. The zero-order valence-electron chi connectivity index (χ0n) is 9.01. The Morgan fingerprint density at radius 2 is 2.00 bits per heavy atom. The standard InChI is InChI=1S/C14H11N2/c1-11-9-12-5-2-3-7-14(12)16(11)13-6-4-8-15-10-13/h2-8,10H,1H3. The molecule has 0 amide bonds. The maximum absolute atomic E-state index is 4.15. The molecule has 16 heavy (non-hydrogen) atoms. The van der Waals surface area contributed by atoms with E-state index in [0.717, 1.165) is 16.8 Å². The van der Waals surface area contributed by atoms with Crippen LogP contribution in [0.3, 0.4) is 0 Å². The van der Waals surface area contributed by atoms with Crippen LogP contribution in [0, 0.1) is 13.0 Å². The Bertz CT molecular complexity index is 624. The van der Waals surface area contributed by atoms with E-state index in [-0.39, 0.29) is 0 Å². The predicted molar refractivity (Wildman–Crippen MR) is 64.6 cm³/mol. The number of hydrogen-bond acceptors (Lipinski definition) is 1. The highest BCUT2D eigenvalue weighted by Gasteiger charge is 2.06. The Labute approximate surface area is 94.2 Å². The van der Waals surface area contributed by atoms with Gasteiger partial charge in [0.05, 0.1) is 17.4 Å². The van der Waals surface area contributed by atoms with Crippen LogP contribution in [-0.2, 0) is 0 Å². The average molecular weight is 207 g/mol. The van der Waals surface area contributed by atoms with E-state index in [0.29, 0.717) is 0 Å². The first kappa shape index (κ1) is 9.16. The van der Waals surface area contributed by atoms with Gasteiger partial charge >= 0.3 is 0 Å². The molecule has 2 aromatic heterocycles.